The zero-order valence-electron chi connectivity index (χ0n) is 11.0. The Balaban J connectivity index is 2.04. The molecule has 1 aromatic rings. The fraction of sp³-hybridized carbons (Fsp3) is 0.571. The van der Waals surface area contributed by atoms with E-state index in [4.69, 9.17) is 0 Å². The number of nitrogens with one attached hydrogen (secondary N) is 1. The van der Waals surface area contributed by atoms with Crippen LogP contribution in [0.15, 0.2) is 24.3 Å². The quantitative estimate of drug-likeness (QED) is 0.640. The Labute approximate surface area is 108 Å². The number of hydrogen-bond donors (Lipinski definition) is 1. The molecule has 98 valence electrons. The van der Waals surface area contributed by atoms with E-state index in [-0.39, 0.29) is 16.7 Å². The van der Waals surface area contributed by atoms with Crippen LogP contribution in [0.5, 0.6) is 0 Å². The number of rotatable bonds is 5. The first-order valence-electron chi connectivity index (χ1n) is 6.58. The Kier molecular flexibility index (Phi) is 3.66. The average molecular weight is 248 g/mol. The maximum atomic E-state index is 10.6. The zero-order valence-corrected chi connectivity index (χ0v) is 11.0. The normalized spacial score (nSPS) is 19.0. The van der Waals surface area contributed by atoms with Gasteiger partial charge >= 0.3 is 0 Å². The summed E-state index contributed by atoms with van der Waals surface area (Å²) in [5, 5.41) is 14.3. The zero-order chi connectivity index (χ0) is 13.2. The van der Waals surface area contributed by atoms with Crippen LogP contribution in [0.1, 0.15) is 51.1 Å². The SMILES string of the molecule is CCC1(NC(C)c2ccc([N+](=O)[O-])cc2)CCC1. The molecule has 0 amide bonds. The topological polar surface area (TPSA) is 55.2 Å². The number of nitro groups is 1. The molecule has 1 aromatic carbocycles. The van der Waals surface area contributed by atoms with Crippen LogP contribution in [0.4, 0.5) is 5.69 Å². The molecule has 1 saturated carbocycles. The Morgan fingerprint density at radius 2 is 2.00 bits per heavy atom. The molecule has 18 heavy (non-hydrogen) atoms. The van der Waals surface area contributed by atoms with Crippen molar-refractivity contribution in [1.82, 2.24) is 5.32 Å². The van der Waals surface area contributed by atoms with Crippen LogP contribution < -0.4 is 5.32 Å². The van der Waals surface area contributed by atoms with Crippen molar-refractivity contribution in [2.45, 2.75) is 51.1 Å². The molecular formula is C14H20N2O2. The lowest BCUT2D eigenvalue weighted by Gasteiger charge is -2.44. The first kappa shape index (κ1) is 13.0. The molecule has 2 rings (SSSR count). The third kappa shape index (κ3) is 2.53. The average Bonchev–Trinajstić information content (AvgIpc) is 2.33. The maximum absolute atomic E-state index is 10.6. The number of hydrogen-bond acceptors (Lipinski definition) is 3. The second-order valence-corrected chi connectivity index (χ2v) is 5.20. The van der Waals surface area contributed by atoms with Crippen LogP contribution in [0.25, 0.3) is 0 Å². The number of nitro benzene ring substituents is 1. The van der Waals surface area contributed by atoms with Gasteiger partial charge in [-0.3, -0.25) is 10.1 Å². The minimum atomic E-state index is -0.360. The third-order valence-electron chi connectivity index (χ3n) is 4.11. The van der Waals surface area contributed by atoms with E-state index in [1.165, 1.54) is 19.3 Å². The molecule has 0 bridgehead atoms. The highest BCUT2D eigenvalue weighted by atomic mass is 16.6. The van der Waals surface area contributed by atoms with Gasteiger partial charge in [-0.15, -0.1) is 0 Å². The lowest BCUT2D eigenvalue weighted by Crippen LogP contribution is -2.51. The lowest BCUT2D eigenvalue weighted by atomic mass is 9.74. The minimum absolute atomic E-state index is 0.153. The predicted octanol–water partition coefficient (Wildman–Crippen LogP) is 3.58. The first-order valence-corrected chi connectivity index (χ1v) is 6.58. The molecule has 1 aliphatic rings. The maximum Gasteiger partial charge on any atom is 0.269 e. The van der Waals surface area contributed by atoms with Gasteiger partial charge in [-0.25, -0.2) is 0 Å². The van der Waals surface area contributed by atoms with Gasteiger partial charge < -0.3 is 5.32 Å². The number of benzene rings is 1. The van der Waals surface area contributed by atoms with Crippen LogP contribution in [-0.2, 0) is 0 Å². The molecule has 1 fully saturated rings. The van der Waals surface area contributed by atoms with Gasteiger partial charge in [-0.1, -0.05) is 19.1 Å². The molecule has 0 aliphatic heterocycles. The van der Waals surface area contributed by atoms with Gasteiger partial charge in [0.1, 0.15) is 0 Å². The largest absolute Gasteiger partial charge is 0.305 e. The second kappa shape index (κ2) is 5.06. The molecule has 4 nitrogen and oxygen atoms in total. The van der Waals surface area contributed by atoms with Gasteiger partial charge in [0.15, 0.2) is 0 Å². The van der Waals surface area contributed by atoms with E-state index >= 15 is 0 Å². The van der Waals surface area contributed by atoms with Crippen molar-refractivity contribution in [2.75, 3.05) is 0 Å². The van der Waals surface area contributed by atoms with Crippen LogP contribution >= 0.6 is 0 Å². The van der Waals surface area contributed by atoms with E-state index in [0.717, 1.165) is 12.0 Å². The molecular weight excluding hydrogens is 228 g/mol. The van der Waals surface area contributed by atoms with Crippen molar-refractivity contribution in [3.05, 3.63) is 39.9 Å². The summed E-state index contributed by atoms with van der Waals surface area (Å²) < 4.78 is 0. The van der Waals surface area contributed by atoms with Crippen LogP contribution in [0.2, 0.25) is 0 Å². The van der Waals surface area contributed by atoms with Gasteiger partial charge in [-0.05, 0) is 38.2 Å². The highest BCUT2D eigenvalue weighted by molar-refractivity contribution is 5.34. The first-order chi connectivity index (χ1) is 8.56. The Morgan fingerprint density at radius 3 is 2.39 bits per heavy atom. The standard InChI is InChI=1S/C14H20N2O2/c1-3-14(9-4-10-14)15-11(2)12-5-7-13(8-6-12)16(17)18/h5-8,11,15H,3-4,9-10H2,1-2H3. The smallest absolute Gasteiger partial charge is 0.269 e. The van der Waals surface area contributed by atoms with E-state index in [1.807, 2.05) is 12.1 Å². The van der Waals surface area contributed by atoms with Crippen LogP contribution in [0, 0.1) is 10.1 Å². The molecule has 0 heterocycles. The Bertz CT molecular complexity index is 418. The van der Waals surface area contributed by atoms with E-state index in [1.54, 1.807) is 12.1 Å². The number of nitrogens with zero attached hydrogens (tertiary/aromatic N) is 1. The molecule has 1 N–H and O–H groups in total. The summed E-state index contributed by atoms with van der Waals surface area (Å²) in [7, 11) is 0. The Morgan fingerprint density at radius 1 is 1.39 bits per heavy atom. The Hall–Kier alpha value is -1.42. The summed E-state index contributed by atoms with van der Waals surface area (Å²) in [5.74, 6) is 0. The summed E-state index contributed by atoms with van der Waals surface area (Å²) in [6, 6.07) is 7.08. The summed E-state index contributed by atoms with van der Waals surface area (Å²) in [4.78, 5) is 10.2. The van der Waals surface area contributed by atoms with Gasteiger partial charge in [0.2, 0.25) is 0 Å². The second-order valence-electron chi connectivity index (χ2n) is 5.20. The van der Waals surface area contributed by atoms with Crippen molar-refractivity contribution >= 4 is 5.69 Å². The molecule has 1 unspecified atom stereocenters. The van der Waals surface area contributed by atoms with E-state index < -0.39 is 0 Å². The fourth-order valence-corrected chi connectivity index (χ4v) is 2.63. The van der Waals surface area contributed by atoms with Crippen molar-refractivity contribution in [3.8, 4) is 0 Å². The summed E-state index contributed by atoms with van der Waals surface area (Å²) >= 11 is 0. The van der Waals surface area contributed by atoms with Gasteiger partial charge in [0.25, 0.3) is 5.69 Å². The summed E-state index contributed by atoms with van der Waals surface area (Å²) in [5.41, 5.74) is 1.56. The van der Waals surface area contributed by atoms with Gasteiger partial charge in [-0.2, -0.15) is 0 Å². The summed E-state index contributed by atoms with van der Waals surface area (Å²) in [6.07, 6.45) is 4.92. The molecule has 1 aliphatic carbocycles. The van der Waals surface area contributed by atoms with Crippen molar-refractivity contribution in [2.24, 2.45) is 0 Å². The van der Waals surface area contributed by atoms with Gasteiger partial charge in [0.05, 0.1) is 4.92 Å². The van der Waals surface area contributed by atoms with Crippen LogP contribution in [0.3, 0.4) is 0 Å². The highest BCUT2D eigenvalue weighted by Crippen LogP contribution is 2.36. The molecule has 0 saturated heterocycles. The van der Waals surface area contributed by atoms with E-state index in [0.29, 0.717) is 5.54 Å². The fourth-order valence-electron chi connectivity index (χ4n) is 2.63. The van der Waals surface area contributed by atoms with Crippen molar-refractivity contribution in [3.63, 3.8) is 0 Å². The monoisotopic (exact) mass is 248 g/mol. The van der Waals surface area contributed by atoms with Crippen molar-refractivity contribution in [1.29, 1.82) is 0 Å². The molecule has 0 spiro atoms. The predicted molar refractivity (Wildman–Crippen MR) is 71.5 cm³/mol. The third-order valence-corrected chi connectivity index (χ3v) is 4.11. The van der Waals surface area contributed by atoms with E-state index in [9.17, 15) is 10.1 Å². The highest BCUT2D eigenvalue weighted by Gasteiger charge is 2.35. The van der Waals surface area contributed by atoms with Crippen molar-refractivity contribution < 1.29 is 4.92 Å². The molecule has 0 radical (unpaired) electrons. The lowest BCUT2D eigenvalue weighted by molar-refractivity contribution is -0.384. The molecule has 4 heteroatoms. The number of non-ortho nitro benzene ring substituents is 1. The minimum Gasteiger partial charge on any atom is -0.305 e. The molecule has 1 atom stereocenters. The van der Waals surface area contributed by atoms with Crippen LogP contribution in [-0.4, -0.2) is 10.5 Å². The van der Waals surface area contributed by atoms with Gasteiger partial charge in [0, 0.05) is 23.7 Å². The summed E-state index contributed by atoms with van der Waals surface area (Å²) in [6.45, 7) is 4.34. The van der Waals surface area contributed by atoms with E-state index in [2.05, 4.69) is 19.2 Å². The molecule has 0 aromatic heterocycles.